The van der Waals surface area contributed by atoms with Crippen molar-refractivity contribution in [2.75, 3.05) is 0 Å². The van der Waals surface area contributed by atoms with Crippen LogP contribution in [-0.4, -0.2) is 17.7 Å². The summed E-state index contributed by atoms with van der Waals surface area (Å²) in [6.45, 7) is 6.51. The Hall–Kier alpha value is -0.570. The van der Waals surface area contributed by atoms with E-state index in [1.165, 1.54) is 13.8 Å². The van der Waals surface area contributed by atoms with Gasteiger partial charge >= 0.3 is 5.97 Å². The lowest BCUT2D eigenvalue weighted by atomic mass is 10.1. The highest BCUT2D eigenvalue weighted by atomic mass is 16.5. The van der Waals surface area contributed by atoms with Gasteiger partial charge in [-0.25, -0.2) is 9.90 Å². The van der Waals surface area contributed by atoms with Crippen molar-refractivity contribution in [3.05, 3.63) is 0 Å². The van der Waals surface area contributed by atoms with E-state index in [0.29, 0.717) is 0 Å². The number of carbonyl (C=O) groups excluding carboxylic acids is 1. The molecule has 0 atom stereocenters. The van der Waals surface area contributed by atoms with Gasteiger partial charge in [-0.15, -0.1) is 0 Å². The molecule has 3 nitrogen and oxygen atoms in total. The number of ether oxygens (including phenoxy) is 1. The Bertz CT molecular complexity index is 127. The molecule has 0 aliphatic rings. The summed E-state index contributed by atoms with van der Waals surface area (Å²) in [7, 11) is 0. The SMILES string of the molecule is CC(C)OC(C)(C)C([O])=O. The molecule has 0 aromatic heterocycles. The van der Waals surface area contributed by atoms with Crippen molar-refractivity contribution in [2.45, 2.75) is 39.4 Å². The van der Waals surface area contributed by atoms with Gasteiger partial charge in [-0.2, -0.15) is 0 Å². The minimum atomic E-state index is -1.18. The van der Waals surface area contributed by atoms with E-state index in [2.05, 4.69) is 0 Å². The number of rotatable bonds is 3. The molecular weight excluding hydrogens is 132 g/mol. The summed E-state index contributed by atoms with van der Waals surface area (Å²) in [5, 5.41) is 10.3. The number of hydrogen-bond acceptors (Lipinski definition) is 2. The summed E-state index contributed by atoms with van der Waals surface area (Å²) in [4.78, 5) is 10.3. The molecule has 0 heterocycles. The molecule has 0 rings (SSSR count). The van der Waals surface area contributed by atoms with Crippen LogP contribution in [0.25, 0.3) is 0 Å². The smallest absolute Gasteiger partial charge is 0.361 e. The molecule has 0 amide bonds. The fraction of sp³-hybridized carbons (Fsp3) is 0.857. The molecule has 0 aromatic rings. The lowest BCUT2D eigenvalue weighted by Crippen LogP contribution is -2.36. The predicted octanol–water partition coefficient (Wildman–Crippen LogP) is 1.15. The third-order valence-electron chi connectivity index (χ3n) is 1.02. The van der Waals surface area contributed by atoms with Gasteiger partial charge in [0.1, 0.15) is 0 Å². The second-order valence-electron chi connectivity index (χ2n) is 2.96. The molecule has 0 aliphatic carbocycles. The van der Waals surface area contributed by atoms with Crippen LogP contribution >= 0.6 is 0 Å². The summed E-state index contributed by atoms with van der Waals surface area (Å²) >= 11 is 0. The van der Waals surface area contributed by atoms with E-state index in [4.69, 9.17) is 4.74 Å². The molecule has 1 radical (unpaired) electrons. The molecular formula is C7H13O3. The summed E-state index contributed by atoms with van der Waals surface area (Å²) in [5.74, 6) is -1.18. The van der Waals surface area contributed by atoms with Crippen LogP contribution < -0.4 is 0 Å². The zero-order valence-electron chi connectivity index (χ0n) is 6.80. The molecule has 0 saturated carbocycles. The van der Waals surface area contributed by atoms with E-state index < -0.39 is 11.6 Å². The van der Waals surface area contributed by atoms with Crippen LogP contribution in [0.1, 0.15) is 27.7 Å². The Labute approximate surface area is 61.0 Å². The highest BCUT2D eigenvalue weighted by Crippen LogP contribution is 2.11. The third-order valence-corrected chi connectivity index (χ3v) is 1.02. The lowest BCUT2D eigenvalue weighted by Gasteiger charge is -2.21. The second-order valence-corrected chi connectivity index (χ2v) is 2.96. The van der Waals surface area contributed by atoms with E-state index >= 15 is 0 Å². The maximum atomic E-state index is 10.3. The fourth-order valence-electron chi connectivity index (χ4n) is 0.637. The normalized spacial score (nSPS) is 12.1. The van der Waals surface area contributed by atoms with Crippen molar-refractivity contribution >= 4 is 5.97 Å². The van der Waals surface area contributed by atoms with Gasteiger partial charge in [-0.05, 0) is 27.7 Å². The quantitative estimate of drug-likeness (QED) is 0.598. The van der Waals surface area contributed by atoms with Crippen molar-refractivity contribution in [3.63, 3.8) is 0 Å². The fourth-order valence-corrected chi connectivity index (χ4v) is 0.637. The Balaban J connectivity index is 4.00. The van der Waals surface area contributed by atoms with Gasteiger partial charge in [0.05, 0.1) is 6.10 Å². The van der Waals surface area contributed by atoms with Gasteiger partial charge in [-0.1, -0.05) is 0 Å². The largest absolute Gasteiger partial charge is 0.386 e. The maximum absolute atomic E-state index is 10.3. The predicted molar refractivity (Wildman–Crippen MR) is 36.0 cm³/mol. The minimum Gasteiger partial charge on any atom is -0.361 e. The Morgan fingerprint density at radius 2 is 1.80 bits per heavy atom. The van der Waals surface area contributed by atoms with E-state index in [0.717, 1.165) is 0 Å². The Morgan fingerprint density at radius 1 is 1.40 bits per heavy atom. The summed E-state index contributed by atoms with van der Waals surface area (Å²) in [5.41, 5.74) is -1.17. The van der Waals surface area contributed by atoms with Gasteiger partial charge in [0.15, 0.2) is 5.60 Å². The zero-order chi connectivity index (χ0) is 8.36. The molecule has 0 fully saturated rings. The highest BCUT2D eigenvalue weighted by Gasteiger charge is 2.30. The van der Waals surface area contributed by atoms with Crippen LogP contribution in [0.15, 0.2) is 0 Å². The summed E-state index contributed by atoms with van der Waals surface area (Å²) in [6.07, 6.45) is -0.0899. The lowest BCUT2D eigenvalue weighted by molar-refractivity contribution is -0.172. The van der Waals surface area contributed by atoms with Crippen molar-refractivity contribution in [1.82, 2.24) is 0 Å². The van der Waals surface area contributed by atoms with Gasteiger partial charge in [-0.3, -0.25) is 0 Å². The molecule has 0 aromatic carbocycles. The van der Waals surface area contributed by atoms with Crippen molar-refractivity contribution in [1.29, 1.82) is 0 Å². The maximum Gasteiger partial charge on any atom is 0.386 e. The Kier molecular flexibility index (Phi) is 2.84. The van der Waals surface area contributed by atoms with Gasteiger partial charge in [0.25, 0.3) is 0 Å². The monoisotopic (exact) mass is 145 g/mol. The topological polar surface area (TPSA) is 46.2 Å². The first-order valence-corrected chi connectivity index (χ1v) is 3.25. The average Bonchev–Trinajstić information content (AvgIpc) is 1.60. The molecule has 0 N–H and O–H groups in total. The van der Waals surface area contributed by atoms with Gasteiger partial charge < -0.3 is 4.74 Å². The molecule has 59 valence electrons. The molecule has 0 spiro atoms. The molecule has 0 saturated heterocycles. The van der Waals surface area contributed by atoms with Gasteiger partial charge in [0.2, 0.25) is 0 Å². The van der Waals surface area contributed by atoms with Crippen molar-refractivity contribution in [3.8, 4) is 0 Å². The number of hydrogen-bond donors (Lipinski definition) is 0. The van der Waals surface area contributed by atoms with E-state index in [9.17, 15) is 9.90 Å². The molecule has 0 aliphatic heterocycles. The molecule has 0 bridgehead atoms. The summed E-state index contributed by atoms with van der Waals surface area (Å²) < 4.78 is 5.04. The van der Waals surface area contributed by atoms with Crippen LogP contribution in [-0.2, 0) is 14.6 Å². The third kappa shape index (κ3) is 2.82. The van der Waals surface area contributed by atoms with E-state index in [1.54, 1.807) is 13.8 Å². The van der Waals surface area contributed by atoms with Crippen LogP contribution in [0.2, 0.25) is 0 Å². The van der Waals surface area contributed by atoms with E-state index in [-0.39, 0.29) is 6.10 Å². The minimum absolute atomic E-state index is 0.0899. The molecule has 0 unspecified atom stereocenters. The second kappa shape index (κ2) is 3.01. The summed E-state index contributed by atoms with van der Waals surface area (Å²) in [6, 6.07) is 0. The van der Waals surface area contributed by atoms with Gasteiger partial charge in [0, 0.05) is 0 Å². The van der Waals surface area contributed by atoms with E-state index in [1.807, 2.05) is 0 Å². The first kappa shape index (κ1) is 9.43. The molecule has 3 heteroatoms. The zero-order valence-corrected chi connectivity index (χ0v) is 6.80. The van der Waals surface area contributed by atoms with Crippen molar-refractivity contribution < 1.29 is 14.6 Å². The van der Waals surface area contributed by atoms with Crippen LogP contribution in [0.5, 0.6) is 0 Å². The van der Waals surface area contributed by atoms with Crippen LogP contribution in [0.3, 0.4) is 0 Å². The van der Waals surface area contributed by atoms with Crippen LogP contribution in [0.4, 0.5) is 0 Å². The number of carbonyl (C=O) groups is 1. The Morgan fingerprint density at radius 3 is 1.90 bits per heavy atom. The highest BCUT2D eigenvalue weighted by molar-refractivity contribution is 5.75. The van der Waals surface area contributed by atoms with Crippen LogP contribution in [0, 0.1) is 0 Å². The first-order chi connectivity index (χ1) is 4.36. The first-order valence-electron chi connectivity index (χ1n) is 3.25. The van der Waals surface area contributed by atoms with Crippen molar-refractivity contribution in [2.24, 2.45) is 0 Å². The molecule has 10 heavy (non-hydrogen) atoms. The average molecular weight is 145 g/mol. The standard InChI is InChI=1S/C7H13O3/c1-5(2)10-7(3,4)6(8)9/h5H,1-4H3.